The van der Waals surface area contributed by atoms with Crippen LogP contribution in [-0.2, 0) is 0 Å². The highest BCUT2D eigenvalue weighted by Crippen LogP contribution is 2.39. The van der Waals surface area contributed by atoms with Gasteiger partial charge in [-0.05, 0) is 54.1 Å². The average Bonchev–Trinajstić information content (AvgIpc) is 2.88. The number of benzene rings is 3. The second-order valence-corrected chi connectivity index (χ2v) is 8.32. The van der Waals surface area contributed by atoms with E-state index in [1.54, 1.807) is 36.4 Å². The highest BCUT2D eigenvalue weighted by molar-refractivity contribution is 7.99. The van der Waals surface area contributed by atoms with E-state index in [2.05, 4.69) is 11.1 Å². The Labute approximate surface area is 204 Å². The Balaban J connectivity index is 1.93. The third-order valence-corrected chi connectivity index (χ3v) is 6.24. The van der Waals surface area contributed by atoms with E-state index in [1.807, 2.05) is 6.07 Å². The Kier molecular flexibility index (Phi) is 6.85. The molecule has 0 aliphatic heterocycles. The van der Waals surface area contributed by atoms with Gasteiger partial charge in [0.1, 0.15) is 22.7 Å². The minimum absolute atomic E-state index is 0.102. The normalized spacial score (nSPS) is 10.4. The fourth-order valence-electron chi connectivity index (χ4n) is 3.43. The van der Waals surface area contributed by atoms with E-state index in [0.29, 0.717) is 44.3 Å². The van der Waals surface area contributed by atoms with E-state index in [4.69, 9.17) is 4.74 Å². The molecule has 1 heterocycles. The second kappa shape index (κ2) is 10.2. The van der Waals surface area contributed by atoms with Crippen molar-refractivity contribution in [3.8, 4) is 34.2 Å². The third kappa shape index (κ3) is 5.03. The van der Waals surface area contributed by atoms with E-state index >= 15 is 0 Å². The van der Waals surface area contributed by atoms with Gasteiger partial charge < -0.3 is 4.74 Å². The predicted octanol–water partition coefficient (Wildman–Crippen LogP) is 6.31. The molecule has 35 heavy (non-hydrogen) atoms. The van der Waals surface area contributed by atoms with E-state index in [1.165, 1.54) is 37.4 Å². The molecule has 0 atom stereocenters. The first-order chi connectivity index (χ1) is 16.9. The van der Waals surface area contributed by atoms with Gasteiger partial charge in [-0.1, -0.05) is 23.9 Å². The second-order valence-electron chi connectivity index (χ2n) is 7.29. The molecule has 0 aliphatic rings. The molecule has 7 nitrogen and oxygen atoms in total. The van der Waals surface area contributed by atoms with Crippen LogP contribution in [0, 0.1) is 27.3 Å². The zero-order valence-corrected chi connectivity index (χ0v) is 19.1. The minimum atomic E-state index is -0.587. The number of pyridine rings is 1. The van der Waals surface area contributed by atoms with Crippen LogP contribution in [0.3, 0.4) is 0 Å². The lowest BCUT2D eigenvalue weighted by molar-refractivity contribution is -0.384. The molecule has 4 rings (SSSR count). The van der Waals surface area contributed by atoms with E-state index < -0.39 is 10.7 Å². The van der Waals surface area contributed by atoms with Gasteiger partial charge in [-0.3, -0.25) is 14.9 Å². The number of rotatable bonds is 7. The first-order valence-corrected chi connectivity index (χ1v) is 11.0. The molecule has 3 aromatic carbocycles. The molecular weight excluding hydrogens is 469 g/mol. The summed E-state index contributed by atoms with van der Waals surface area (Å²) >= 11 is 1.05. The van der Waals surface area contributed by atoms with E-state index in [-0.39, 0.29) is 16.8 Å². The molecule has 0 radical (unpaired) electrons. The summed E-state index contributed by atoms with van der Waals surface area (Å²) < 4.78 is 18.9. The SMILES string of the molecule is COc1cccc(-c2cc(-c3ccc(F)cc3)nc(Sc3ccc([N+](=O)[O-])cc3C=O)c2C#N)c1. The first-order valence-electron chi connectivity index (χ1n) is 10.2. The van der Waals surface area contributed by atoms with Crippen molar-refractivity contribution in [1.82, 2.24) is 4.98 Å². The molecular formula is C26H16FN3O4S. The number of hydrogen-bond donors (Lipinski definition) is 0. The monoisotopic (exact) mass is 485 g/mol. The number of nitro benzene ring substituents is 1. The maximum atomic E-state index is 13.5. The van der Waals surface area contributed by atoms with Crippen LogP contribution in [0.1, 0.15) is 15.9 Å². The van der Waals surface area contributed by atoms with Crippen LogP contribution >= 0.6 is 11.8 Å². The summed E-state index contributed by atoms with van der Waals surface area (Å²) in [5.41, 5.74) is 2.52. The highest BCUT2D eigenvalue weighted by atomic mass is 32.2. The van der Waals surface area contributed by atoms with Gasteiger partial charge in [0.2, 0.25) is 0 Å². The number of halogens is 1. The number of aldehydes is 1. The molecule has 0 saturated heterocycles. The van der Waals surface area contributed by atoms with Crippen molar-refractivity contribution >= 4 is 23.7 Å². The zero-order chi connectivity index (χ0) is 24.9. The molecule has 0 spiro atoms. The van der Waals surface area contributed by atoms with Crippen LogP contribution in [0.25, 0.3) is 22.4 Å². The van der Waals surface area contributed by atoms with Crippen molar-refractivity contribution in [1.29, 1.82) is 5.26 Å². The van der Waals surface area contributed by atoms with Crippen LogP contribution in [0.15, 0.2) is 82.7 Å². The van der Waals surface area contributed by atoms with Crippen molar-refractivity contribution in [2.24, 2.45) is 0 Å². The number of ether oxygens (including phenoxy) is 1. The fraction of sp³-hybridized carbons (Fsp3) is 0.0385. The van der Waals surface area contributed by atoms with Crippen molar-refractivity contribution in [3.63, 3.8) is 0 Å². The number of carbonyl (C=O) groups excluding carboxylic acids is 1. The summed E-state index contributed by atoms with van der Waals surface area (Å²) in [5, 5.41) is 21.5. The standard InChI is InChI=1S/C26H16FN3O4S/c1-34-21-4-2-3-17(12-21)22-13-24(16-5-7-19(27)8-6-16)29-26(23(22)14-28)35-25-10-9-20(30(32)33)11-18(25)15-31/h2-13,15H,1H3. The maximum absolute atomic E-state index is 13.5. The predicted molar refractivity (Wildman–Crippen MR) is 129 cm³/mol. The van der Waals surface area contributed by atoms with Crippen molar-refractivity contribution in [2.45, 2.75) is 9.92 Å². The number of methoxy groups -OCH3 is 1. The van der Waals surface area contributed by atoms with Gasteiger partial charge in [0.05, 0.1) is 23.3 Å². The van der Waals surface area contributed by atoms with Crippen molar-refractivity contribution in [3.05, 3.63) is 99.9 Å². The van der Waals surface area contributed by atoms with Gasteiger partial charge in [-0.15, -0.1) is 0 Å². The molecule has 0 N–H and O–H groups in total. The lowest BCUT2D eigenvalue weighted by Crippen LogP contribution is -1.97. The molecule has 0 amide bonds. The van der Waals surface area contributed by atoms with Crippen LogP contribution in [0.4, 0.5) is 10.1 Å². The Morgan fingerprint density at radius 1 is 1.09 bits per heavy atom. The maximum Gasteiger partial charge on any atom is 0.270 e. The summed E-state index contributed by atoms with van der Waals surface area (Å²) in [6.07, 6.45) is 0.522. The number of hydrogen-bond acceptors (Lipinski definition) is 7. The van der Waals surface area contributed by atoms with Gasteiger partial charge in [0.25, 0.3) is 5.69 Å². The lowest BCUT2D eigenvalue weighted by atomic mass is 9.99. The number of carbonyl (C=O) groups is 1. The smallest absolute Gasteiger partial charge is 0.270 e. The number of nitro groups is 1. The number of nitriles is 1. The zero-order valence-electron chi connectivity index (χ0n) is 18.3. The van der Waals surface area contributed by atoms with Crippen molar-refractivity contribution < 1.29 is 18.8 Å². The molecule has 9 heteroatoms. The van der Waals surface area contributed by atoms with E-state index in [9.17, 15) is 24.6 Å². The summed E-state index contributed by atoms with van der Waals surface area (Å²) in [6.45, 7) is 0. The Bertz CT molecular complexity index is 1480. The fourth-order valence-corrected chi connectivity index (χ4v) is 4.40. The quantitative estimate of drug-likeness (QED) is 0.172. The summed E-state index contributed by atoms with van der Waals surface area (Å²) in [6, 6.07) is 20.8. The highest BCUT2D eigenvalue weighted by Gasteiger charge is 2.19. The van der Waals surface area contributed by atoms with Gasteiger partial charge >= 0.3 is 0 Å². The van der Waals surface area contributed by atoms with E-state index in [0.717, 1.165) is 11.8 Å². The Morgan fingerprint density at radius 3 is 2.51 bits per heavy atom. The van der Waals surface area contributed by atoms with Crippen LogP contribution in [0.5, 0.6) is 5.75 Å². The average molecular weight is 485 g/mol. The largest absolute Gasteiger partial charge is 0.497 e. The molecule has 0 fully saturated rings. The Hall–Kier alpha value is -4.55. The summed E-state index contributed by atoms with van der Waals surface area (Å²) in [5.74, 6) is 0.200. The molecule has 0 unspecified atom stereocenters. The molecule has 0 aliphatic carbocycles. The Morgan fingerprint density at radius 2 is 1.86 bits per heavy atom. The molecule has 4 aromatic rings. The van der Waals surface area contributed by atoms with Gasteiger partial charge in [-0.25, -0.2) is 9.37 Å². The number of nitrogens with zero attached hydrogens (tertiary/aromatic N) is 3. The number of non-ortho nitro benzene ring substituents is 1. The van der Waals surface area contributed by atoms with Crippen LogP contribution < -0.4 is 4.74 Å². The summed E-state index contributed by atoms with van der Waals surface area (Å²) in [4.78, 5) is 27.2. The molecule has 1 aromatic heterocycles. The first kappa shape index (κ1) is 23.6. The minimum Gasteiger partial charge on any atom is -0.497 e. The van der Waals surface area contributed by atoms with Gasteiger partial charge in [-0.2, -0.15) is 5.26 Å². The van der Waals surface area contributed by atoms with Gasteiger partial charge in [0, 0.05) is 33.7 Å². The summed E-state index contributed by atoms with van der Waals surface area (Å²) in [7, 11) is 1.54. The van der Waals surface area contributed by atoms with Crippen LogP contribution in [0.2, 0.25) is 0 Å². The third-order valence-electron chi connectivity index (χ3n) is 5.16. The van der Waals surface area contributed by atoms with Crippen molar-refractivity contribution in [2.75, 3.05) is 7.11 Å². The lowest BCUT2D eigenvalue weighted by Gasteiger charge is -2.14. The van der Waals surface area contributed by atoms with Crippen LogP contribution in [-0.4, -0.2) is 23.3 Å². The number of aromatic nitrogens is 1. The molecule has 0 bridgehead atoms. The molecule has 0 saturated carbocycles. The topological polar surface area (TPSA) is 106 Å². The molecule has 172 valence electrons. The van der Waals surface area contributed by atoms with Gasteiger partial charge in [0.15, 0.2) is 6.29 Å².